The van der Waals surface area contributed by atoms with Gasteiger partial charge in [-0.15, -0.1) is 0 Å². The van der Waals surface area contributed by atoms with E-state index in [9.17, 15) is 0 Å². The van der Waals surface area contributed by atoms with Crippen molar-refractivity contribution in [1.82, 2.24) is 0 Å². The van der Waals surface area contributed by atoms with Gasteiger partial charge in [-0.05, 0) is 31.4 Å². The van der Waals surface area contributed by atoms with Crippen molar-refractivity contribution in [3.05, 3.63) is 35.4 Å². The van der Waals surface area contributed by atoms with Gasteiger partial charge in [0.2, 0.25) is 0 Å². The number of nitrogens with zero attached hydrogens (tertiary/aromatic N) is 1. The third-order valence-electron chi connectivity index (χ3n) is 2.13. The SMILES string of the molecule is CCCCN=C=N.Cc1ccccc1C. The van der Waals surface area contributed by atoms with Gasteiger partial charge in [0.15, 0.2) is 0 Å². The zero-order valence-electron chi connectivity index (χ0n) is 9.88. The van der Waals surface area contributed by atoms with Crippen molar-refractivity contribution in [2.45, 2.75) is 33.6 Å². The predicted octanol–water partition coefficient (Wildman–Crippen LogP) is 3.84. The highest BCUT2D eigenvalue weighted by Crippen LogP contribution is 2.02. The fraction of sp³-hybridized carbons (Fsp3) is 0.462. The molecule has 1 aromatic carbocycles. The molecule has 2 heteroatoms. The van der Waals surface area contributed by atoms with Crippen LogP contribution in [0.15, 0.2) is 29.3 Å². The van der Waals surface area contributed by atoms with E-state index in [1.807, 2.05) is 6.01 Å². The van der Waals surface area contributed by atoms with Crippen LogP contribution in [0, 0.1) is 19.3 Å². The molecule has 0 aromatic heterocycles. The van der Waals surface area contributed by atoms with Gasteiger partial charge >= 0.3 is 0 Å². The number of hydrogen-bond acceptors (Lipinski definition) is 2. The van der Waals surface area contributed by atoms with Crippen LogP contribution in [0.5, 0.6) is 0 Å². The molecule has 82 valence electrons. The Labute approximate surface area is 92.6 Å². The molecule has 1 N–H and O–H groups in total. The molecule has 1 rings (SSSR count). The number of rotatable bonds is 3. The molecule has 15 heavy (non-hydrogen) atoms. The zero-order chi connectivity index (χ0) is 11.5. The predicted molar refractivity (Wildman–Crippen MR) is 65.8 cm³/mol. The lowest BCUT2D eigenvalue weighted by molar-refractivity contribution is 0.810. The molecular weight excluding hydrogens is 184 g/mol. The zero-order valence-corrected chi connectivity index (χ0v) is 9.88. The highest BCUT2D eigenvalue weighted by atomic mass is 14.7. The van der Waals surface area contributed by atoms with Gasteiger partial charge in [-0.2, -0.15) is 0 Å². The Morgan fingerprint density at radius 1 is 1.20 bits per heavy atom. The number of benzene rings is 1. The van der Waals surface area contributed by atoms with Crippen molar-refractivity contribution in [2.24, 2.45) is 4.99 Å². The average Bonchev–Trinajstić information content (AvgIpc) is 2.24. The Hall–Kier alpha value is -1.40. The van der Waals surface area contributed by atoms with Crippen LogP contribution in [0.25, 0.3) is 0 Å². The molecule has 0 spiro atoms. The molecule has 0 unspecified atom stereocenters. The smallest absolute Gasteiger partial charge is 0.0861 e. The van der Waals surface area contributed by atoms with Crippen LogP contribution in [-0.4, -0.2) is 12.6 Å². The average molecular weight is 204 g/mol. The van der Waals surface area contributed by atoms with E-state index >= 15 is 0 Å². The first kappa shape index (κ1) is 13.6. The summed E-state index contributed by atoms with van der Waals surface area (Å²) in [5.41, 5.74) is 2.74. The highest BCUT2D eigenvalue weighted by molar-refractivity contribution is 5.35. The fourth-order valence-corrected chi connectivity index (χ4v) is 0.956. The molecule has 0 radical (unpaired) electrons. The molecular formula is C13H20N2. The number of nitrogens with one attached hydrogen (secondary N) is 1. The largest absolute Gasteiger partial charge is 0.242 e. The van der Waals surface area contributed by atoms with Gasteiger partial charge < -0.3 is 0 Å². The van der Waals surface area contributed by atoms with E-state index in [4.69, 9.17) is 5.41 Å². The van der Waals surface area contributed by atoms with E-state index in [2.05, 4.69) is 50.0 Å². The summed E-state index contributed by atoms with van der Waals surface area (Å²) in [6.45, 7) is 7.10. The Balaban J connectivity index is 0.000000265. The summed E-state index contributed by atoms with van der Waals surface area (Å²) >= 11 is 0. The molecule has 0 amide bonds. The Morgan fingerprint density at radius 2 is 1.73 bits per heavy atom. The number of aliphatic imine (C=N–C) groups is 1. The number of unbranched alkanes of at least 4 members (excludes halogenated alkanes) is 1. The van der Waals surface area contributed by atoms with Crippen molar-refractivity contribution < 1.29 is 0 Å². The normalized spacial score (nSPS) is 8.47. The molecule has 1 aromatic rings. The minimum Gasteiger partial charge on any atom is -0.242 e. The fourth-order valence-electron chi connectivity index (χ4n) is 0.956. The van der Waals surface area contributed by atoms with Crippen molar-refractivity contribution in [3.8, 4) is 0 Å². The Morgan fingerprint density at radius 3 is 2.07 bits per heavy atom. The summed E-state index contributed by atoms with van der Waals surface area (Å²) in [6, 6.07) is 10.3. The van der Waals surface area contributed by atoms with E-state index in [0.717, 1.165) is 19.4 Å². The maximum absolute atomic E-state index is 6.36. The molecule has 0 saturated carbocycles. The summed E-state index contributed by atoms with van der Waals surface area (Å²) in [5.74, 6) is 0. The van der Waals surface area contributed by atoms with Crippen LogP contribution in [0.3, 0.4) is 0 Å². The monoisotopic (exact) mass is 204 g/mol. The van der Waals surface area contributed by atoms with Gasteiger partial charge in [0.05, 0.1) is 6.01 Å². The summed E-state index contributed by atoms with van der Waals surface area (Å²) < 4.78 is 0. The molecule has 0 bridgehead atoms. The van der Waals surface area contributed by atoms with Gasteiger partial charge in [-0.25, -0.2) is 10.4 Å². The number of aryl methyl sites for hydroxylation is 2. The molecule has 0 aliphatic heterocycles. The standard InChI is InChI=1S/C8H10.C5H10N2/c1-7-5-3-4-6-8(7)2;1-2-3-4-7-5-6/h3-6H,1-2H3;6H,2-4H2,1H3. The lowest BCUT2D eigenvalue weighted by Gasteiger charge is -1.93. The maximum Gasteiger partial charge on any atom is 0.0861 e. The lowest BCUT2D eigenvalue weighted by atomic mass is 10.1. The van der Waals surface area contributed by atoms with E-state index in [1.54, 1.807) is 0 Å². The van der Waals surface area contributed by atoms with Crippen LogP contribution in [0.2, 0.25) is 0 Å². The molecule has 0 heterocycles. The van der Waals surface area contributed by atoms with Gasteiger partial charge in [0.25, 0.3) is 0 Å². The van der Waals surface area contributed by atoms with Gasteiger partial charge in [-0.3, -0.25) is 0 Å². The first-order valence-electron chi connectivity index (χ1n) is 5.32. The van der Waals surface area contributed by atoms with Crippen molar-refractivity contribution >= 4 is 6.01 Å². The number of hydrogen-bond donors (Lipinski definition) is 1. The third-order valence-corrected chi connectivity index (χ3v) is 2.13. The maximum atomic E-state index is 6.36. The van der Waals surface area contributed by atoms with Crippen LogP contribution in [0.1, 0.15) is 30.9 Å². The lowest BCUT2D eigenvalue weighted by Crippen LogP contribution is -1.74. The van der Waals surface area contributed by atoms with Gasteiger partial charge in [0.1, 0.15) is 0 Å². The first-order valence-corrected chi connectivity index (χ1v) is 5.32. The Bertz CT molecular complexity index is 291. The molecule has 2 nitrogen and oxygen atoms in total. The van der Waals surface area contributed by atoms with Crippen molar-refractivity contribution in [2.75, 3.05) is 6.54 Å². The summed E-state index contributed by atoms with van der Waals surface area (Å²) in [7, 11) is 0. The van der Waals surface area contributed by atoms with E-state index in [-0.39, 0.29) is 0 Å². The van der Waals surface area contributed by atoms with Crippen LogP contribution < -0.4 is 0 Å². The van der Waals surface area contributed by atoms with Gasteiger partial charge in [-0.1, -0.05) is 37.6 Å². The Kier molecular flexibility index (Phi) is 8.31. The van der Waals surface area contributed by atoms with Crippen LogP contribution >= 0.6 is 0 Å². The second-order valence-electron chi connectivity index (χ2n) is 3.43. The molecule has 0 aliphatic carbocycles. The van der Waals surface area contributed by atoms with Crippen molar-refractivity contribution in [3.63, 3.8) is 0 Å². The topological polar surface area (TPSA) is 36.2 Å². The van der Waals surface area contributed by atoms with E-state index in [1.165, 1.54) is 11.1 Å². The minimum absolute atomic E-state index is 0.764. The third kappa shape index (κ3) is 7.65. The van der Waals surface area contributed by atoms with Crippen molar-refractivity contribution in [1.29, 1.82) is 5.41 Å². The minimum atomic E-state index is 0.764. The first-order chi connectivity index (χ1) is 7.22. The van der Waals surface area contributed by atoms with Crippen LogP contribution in [-0.2, 0) is 0 Å². The molecule has 0 fully saturated rings. The van der Waals surface area contributed by atoms with Crippen LogP contribution in [0.4, 0.5) is 0 Å². The highest BCUT2D eigenvalue weighted by Gasteiger charge is 1.83. The molecule has 0 saturated heterocycles. The van der Waals surface area contributed by atoms with E-state index in [0.29, 0.717) is 0 Å². The van der Waals surface area contributed by atoms with E-state index < -0.39 is 0 Å². The summed E-state index contributed by atoms with van der Waals surface area (Å²) in [6.07, 6.45) is 2.22. The summed E-state index contributed by atoms with van der Waals surface area (Å²) in [4.78, 5) is 3.58. The second-order valence-corrected chi connectivity index (χ2v) is 3.43. The van der Waals surface area contributed by atoms with Gasteiger partial charge in [0, 0.05) is 6.54 Å². The summed E-state index contributed by atoms with van der Waals surface area (Å²) in [5, 5.41) is 6.36. The second kappa shape index (κ2) is 9.17. The molecule has 0 atom stereocenters. The molecule has 0 aliphatic rings. The quantitative estimate of drug-likeness (QED) is 0.573.